The summed E-state index contributed by atoms with van der Waals surface area (Å²) in [7, 11) is 0. The van der Waals surface area contributed by atoms with E-state index in [0.717, 1.165) is 48.5 Å². The summed E-state index contributed by atoms with van der Waals surface area (Å²) in [6.45, 7) is 3.99. The number of benzene rings is 2. The summed E-state index contributed by atoms with van der Waals surface area (Å²) < 4.78 is 25.2. The minimum absolute atomic E-state index is 0.174. The molecule has 3 heteroatoms. The van der Waals surface area contributed by atoms with Crippen molar-refractivity contribution in [2.24, 2.45) is 0 Å². The molecule has 0 aliphatic carbocycles. The molecule has 2 nitrogen and oxygen atoms in total. The maximum absolute atomic E-state index is 14.0. The smallest absolute Gasteiger partial charge is 0.128 e. The van der Waals surface area contributed by atoms with E-state index < -0.39 is 0 Å². The molecule has 22 heavy (non-hydrogen) atoms. The summed E-state index contributed by atoms with van der Waals surface area (Å²) in [4.78, 5) is 0. The first kappa shape index (κ1) is 13.8. The number of rotatable bonds is 1. The zero-order chi connectivity index (χ0) is 15.1. The lowest BCUT2D eigenvalue weighted by molar-refractivity contribution is 0.0853. The van der Waals surface area contributed by atoms with Crippen LogP contribution in [0.15, 0.2) is 30.3 Å². The predicted molar refractivity (Wildman–Crippen MR) is 83.7 cm³/mol. The number of ether oxygens (including phenoxy) is 2. The van der Waals surface area contributed by atoms with Crippen molar-refractivity contribution >= 4 is 0 Å². The van der Waals surface area contributed by atoms with Gasteiger partial charge in [0.2, 0.25) is 0 Å². The monoisotopic (exact) mass is 298 g/mol. The van der Waals surface area contributed by atoms with E-state index in [1.54, 1.807) is 19.1 Å². The fourth-order valence-corrected chi connectivity index (χ4v) is 3.40. The van der Waals surface area contributed by atoms with E-state index >= 15 is 0 Å². The van der Waals surface area contributed by atoms with E-state index in [1.165, 1.54) is 5.56 Å². The average Bonchev–Trinajstić information content (AvgIpc) is 2.56. The lowest BCUT2D eigenvalue weighted by Crippen LogP contribution is -2.15. The molecule has 0 bridgehead atoms. The zero-order valence-corrected chi connectivity index (χ0v) is 12.7. The summed E-state index contributed by atoms with van der Waals surface area (Å²) in [5, 5.41) is 0. The van der Waals surface area contributed by atoms with E-state index in [9.17, 15) is 4.39 Å². The van der Waals surface area contributed by atoms with Crippen molar-refractivity contribution in [1.82, 2.24) is 0 Å². The van der Waals surface area contributed by atoms with Crippen LogP contribution in [0, 0.1) is 12.7 Å². The molecule has 0 radical (unpaired) electrons. The molecule has 1 saturated heterocycles. The predicted octanol–water partition coefficient (Wildman–Crippen LogP) is 4.59. The van der Waals surface area contributed by atoms with E-state index in [1.807, 2.05) is 0 Å². The van der Waals surface area contributed by atoms with Crippen LogP contribution in [0.25, 0.3) is 11.1 Å². The molecule has 0 N–H and O–H groups in total. The molecule has 0 spiro atoms. The Morgan fingerprint density at radius 1 is 1.05 bits per heavy atom. The van der Waals surface area contributed by atoms with Crippen LogP contribution in [0.1, 0.15) is 35.4 Å². The van der Waals surface area contributed by atoms with Gasteiger partial charge in [-0.2, -0.15) is 0 Å². The Hall–Kier alpha value is -1.87. The highest BCUT2D eigenvalue weighted by Crippen LogP contribution is 2.41. The Kier molecular flexibility index (Phi) is 3.38. The van der Waals surface area contributed by atoms with Crippen LogP contribution in [0.3, 0.4) is 0 Å². The summed E-state index contributed by atoms with van der Waals surface area (Å²) in [6, 6.07) is 9.95. The van der Waals surface area contributed by atoms with Crippen molar-refractivity contribution in [3.63, 3.8) is 0 Å². The molecular weight excluding hydrogens is 279 g/mol. The van der Waals surface area contributed by atoms with Crippen LogP contribution in [-0.2, 0) is 11.3 Å². The third kappa shape index (κ3) is 2.30. The number of halogens is 1. The maximum atomic E-state index is 14.0. The van der Waals surface area contributed by atoms with Crippen LogP contribution < -0.4 is 4.74 Å². The molecule has 1 fully saturated rings. The van der Waals surface area contributed by atoms with Crippen LogP contribution in [0.4, 0.5) is 4.39 Å². The van der Waals surface area contributed by atoms with Gasteiger partial charge in [-0.25, -0.2) is 4.39 Å². The van der Waals surface area contributed by atoms with Gasteiger partial charge in [-0.15, -0.1) is 0 Å². The van der Waals surface area contributed by atoms with Gasteiger partial charge in [0.15, 0.2) is 0 Å². The minimum atomic E-state index is -0.174. The molecule has 2 aliphatic rings. The summed E-state index contributed by atoms with van der Waals surface area (Å²) >= 11 is 0. The maximum Gasteiger partial charge on any atom is 0.128 e. The summed E-state index contributed by atoms with van der Waals surface area (Å²) in [6.07, 6.45) is 2.12. The standard InChI is InChI=1S/C19H19FO2/c1-12-8-19-17(10-18(12)20)16-9-14(2-3-15(16)11-22-19)13-4-6-21-7-5-13/h2-3,8-10,13H,4-7,11H2,1H3. The van der Waals surface area contributed by atoms with Gasteiger partial charge in [-0.3, -0.25) is 0 Å². The van der Waals surface area contributed by atoms with Crippen LogP contribution in [0.2, 0.25) is 0 Å². The van der Waals surface area contributed by atoms with Gasteiger partial charge < -0.3 is 9.47 Å². The summed E-state index contributed by atoms with van der Waals surface area (Å²) in [5.74, 6) is 1.16. The molecule has 114 valence electrons. The molecule has 0 amide bonds. The minimum Gasteiger partial charge on any atom is -0.488 e. The molecule has 2 aliphatic heterocycles. The molecule has 2 heterocycles. The highest BCUT2D eigenvalue weighted by atomic mass is 19.1. The van der Waals surface area contributed by atoms with Crippen molar-refractivity contribution in [3.05, 3.63) is 52.8 Å². The second-order valence-electron chi connectivity index (χ2n) is 6.19. The lowest BCUT2D eigenvalue weighted by atomic mass is 9.87. The molecule has 0 atom stereocenters. The molecule has 0 saturated carbocycles. The second-order valence-corrected chi connectivity index (χ2v) is 6.19. The highest BCUT2D eigenvalue weighted by molar-refractivity contribution is 5.76. The largest absolute Gasteiger partial charge is 0.488 e. The van der Waals surface area contributed by atoms with Crippen LogP contribution in [-0.4, -0.2) is 13.2 Å². The first-order valence-electron chi connectivity index (χ1n) is 7.86. The Morgan fingerprint density at radius 2 is 1.86 bits per heavy atom. The van der Waals surface area contributed by atoms with Crippen molar-refractivity contribution in [3.8, 4) is 16.9 Å². The van der Waals surface area contributed by atoms with Gasteiger partial charge in [0.25, 0.3) is 0 Å². The normalized spacial score (nSPS) is 17.5. The number of hydrogen-bond donors (Lipinski definition) is 0. The van der Waals surface area contributed by atoms with Crippen LogP contribution >= 0.6 is 0 Å². The topological polar surface area (TPSA) is 18.5 Å². The second kappa shape index (κ2) is 5.40. The highest BCUT2D eigenvalue weighted by Gasteiger charge is 2.22. The van der Waals surface area contributed by atoms with Crippen LogP contribution in [0.5, 0.6) is 5.75 Å². The number of fused-ring (bicyclic) bond motifs is 3. The Balaban J connectivity index is 1.79. The fraction of sp³-hybridized carbons (Fsp3) is 0.368. The van der Waals surface area contributed by atoms with E-state index in [-0.39, 0.29) is 5.82 Å². The summed E-state index contributed by atoms with van der Waals surface area (Å²) in [5.41, 5.74) is 5.08. The van der Waals surface area contributed by atoms with E-state index in [4.69, 9.17) is 9.47 Å². The quantitative estimate of drug-likeness (QED) is 0.766. The fourth-order valence-electron chi connectivity index (χ4n) is 3.40. The van der Waals surface area contributed by atoms with Gasteiger partial charge in [-0.05, 0) is 60.1 Å². The lowest BCUT2D eigenvalue weighted by Gasteiger charge is -2.26. The molecule has 2 aromatic rings. The molecule has 2 aromatic carbocycles. The SMILES string of the molecule is Cc1cc2c(cc1F)-c1cc(C3CCOCC3)ccc1CO2. The Morgan fingerprint density at radius 3 is 2.68 bits per heavy atom. The van der Waals surface area contributed by atoms with Gasteiger partial charge in [-0.1, -0.05) is 18.2 Å². The van der Waals surface area contributed by atoms with Crippen molar-refractivity contribution < 1.29 is 13.9 Å². The van der Waals surface area contributed by atoms with E-state index in [2.05, 4.69) is 18.2 Å². The molecule has 0 unspecified atom stereocenters. The molecular formula is C19H19FO2. The Bertz CT molecular complexity index is 718. The average molecular weight is 298 g/mol. The molecule has 4 rings (SSSR count). The number of aryl methyl sites for hydroxylation is 1. The van der Waals surface area contributed by atoms with E-state index in [0.29, 0.717) is 18.1 Å². The van der Waals surface area contributed by atoms with Gasteiger partial charge in [0.1, 0.15) is 18.2 Å². The third-order valence-electron chi connectivity index (χ3n) is 4.76. The molecule has 0 aromatic heterocycles. The zero-order valence-electron chi connectivity index (χ0n) is 12.7. The van der Waals surface area contributed by atoms with Crippen molar-refractivity contribution in [2.75, 3.05) is 13.2 Å². The third-order valence-corrected chi connectivity index (χ3v) is 4.76. The number of hydrogen-bond acceptors (Lipinski definition) is 2. The van der Waals surface area contributed by atoms with Gasteiger partial charge >= 0.3 is 0 Å². The van der Waals surface area contributed by atoms with Crippen molar-refractivity contribution in [2.45, 2.75) is 32.3 Å². The van der Waals surface area contributed by atoms with Gasteiger partial charge in [0, 0.05) is 18.8 Å². The van der Waals surface area contributed by atoms with Gasteiger partial charge in [0.05, 0.1) is 0 Å². The van der Waals surface area contributed by atoms with Crippen molar-refractivity contribution in [1.29, 1.82) is 0 Å². The first-order valence-corrected chi connectivity index (χ1v) is 7.86. The first-order chi connectivity index (χ1) is 10.7. The Labute approximate surface area is 129 Å².